The second-order valence-corrected chi connectivity index (χ2v) is 6.31. The number of hydrogen-bond donors (Lipinski definition) is 2. The van der Waals surface area contributed by atoms with E-state index < -0.39 is 5.97 Å². The van der Waals surface area contributed by atoms with E-state index in [0.717, 1.165) is 21.4 Å². The first kappa shape index (κ1) is 16.5. The molecule has 1 unspecified atom stereocenters. The molecule has 2 amide bonds. The summed E-state index contributed by atoms with van der Waals surface area (Å²) in [5.74, 6) is -0.485. The number of H-pyrrole nitrogens is 1. The van der Waals surface area contributed by atoms with Crippen LogP contribution in [-0.2, 0) is 16.0 Å². The van der Waals surface area contributed by atoms with Crippen LogP contribution < -0.4 is 5.32 Å². The number of aromatic nitrogens is 2. The Morgan fingerprint density at radius 2 is 2.17 bits per heavy atom. The van der Waals surface area contributed by atoms with Gasteiger partial charge in [-0.25, -0.2) is 9.78 Å². The molecule has 0 spiro atoms. The number of amides is 2. The Hall–Kier alpha value is -2.35. The van der Waals surface area contributed by atoms with Crippen LogP contribution in [0, 0.1) is 0 Å². The van der Waals surface area contributed by atoms with Crippen LogP contribution in [0.1, 0.15) is 23.0 Å². The van der Waals surface area contributed by atoms with E-state index in [0.29, 0.717) is 13.0 Å². The summed E-state index contributed by atoms with van der Waals surface area (Å²) in [5, 5.41) is 2.60. The number of carbonyl (C=O) groups is 2. The van der Waals surface area contributed by atoms with Crippen molar-refractivity contribution in [1.29, 1.82) is 0 Å². The van der Waals surface area contributed by atoms with Crippen LogP contribution in [0.25, 0.3) is 0 Å². The number of nitrogens with one attached hydrogen (secondary N) is 2. The van der Waals surface area contributed by atoms with Gasteiger partial charge in [-0.2, -0.15) is 0 Å². The van der Waals surface area contributed by atoms with Gasteiger partial charge in [0.2, 0.25) is 0 Å². The lowest BCUT2D eigenvalue weighted by Gasteiger charge is -2.35. The zero-order chi connectivity index (χ0) is 17.1. The number of hydrogen-bond acceptors (Lipinski definition) is 4. The molecule has 2 aromatic rings. The van der Waals surface area contributed by atoms with E-state index in [1.807, 2.05) is 24.3 Å². The average molecular weight is 393 g/mol. The molecule has 24 heavy (non-hydrogen) atoms. The van der Waals surface area contributed by atoms with Crippen LogP contribution in [-0.4, -0.2) is 47.1 Å². The van der Waals surface area contributed by atoms with Crippen molar-refractivity contribution in [3.05, 3.63) is 52.0 Å². The molecular formula is C16H17BrN4O3. The Morgan fingerprint density at radius 3 is 2.88 bits per heavy atom. The third-order valence-corrected chi connectivity index (χ3v) is 4.51. The van der Waals surface area contributed by atoms with Crippen molar-refractivity contribution >= 4 is 27.9 Å². The van der Waals surface area contributed by atoms with Crippen molar-refractivity contribution in [3.63, 3.8) is 0 Å². The number of imidazole rings is 1. The van der Waals surface area contributed by atoms with Gasteiger partial charge in [0.05, 0.1) is 19.1 Å². The number of methoxy groups -OCH3 is 1. The highest BCUT2D eigenvalue weighted by Crippen LogP contribution is 2.33. The summed E-state index contributed by atoms with van der Waals surface area (Å²) in [4.78, 5) is 33.1. The number of nitrogens with zero attached hydrogens (tertiary/aromatic N) is 2. The molecule has 1 aliphatic rings. The second kappa shape index (κ2) is 7.04. The number of halogens is 1. The van der Waals surface area contributed by atoms with Crippen LogP contribution in [0.2, 0.25) is 0 Å². The number of esters is 1. The smallest absolute Gasteiger partial charge is 0.325 e. The Bertz CT molecular complexity index is 744. The lowest BCUT2D eigenvalue weighted by Crippen LogP contribution is -2.47. The van der Waals surface area contributed by atoms with Crippen molar-refractivity contribution in [3.8, 4) is 0 Å². The predicted molar refractivity (Wildman–Crippen MR) is 90.4 cm³/mol. The summed E-state index contributed by atoms with van der Waals surface area (Å²) in [6.07, 6.45) is 2.33. The van der Waals surface area contributed by atoms with Crippen LogP contribution in [0.15, 0.2) is 35.1 Å². The quantitative estimate of drug-likeness (QED) is 0.781. The van der Waals surface area contributed by atoms with Gasteiger partial charge in [-0.15, -0.1) is 0 Å². The maximum Gasteiger partial charge on any atom is 0.325 e. The normalized spacial score (nSPS) is 16.4. The lowest BCUT2D eigenvalue weighted by molar-refractivity contribution is -0.139. The van der Waals surface area contributed by atoms with E-state index in [1.54, 1.807) is 11.2 Å². The van der Waals surface area contributed by atoms with Crippen molar-refractivity contribution in [1.82, 2.24) is 20.2 Å². The number of carbonyl (C=O) groups excluding carboxylic acids is 2. The molecule has 1 atom stereocenters. The SMILES string of the molecule is COC(=O)CNC(=O)N1CCc2[nH]cnc2C1c1ccc(Br)cc1. The molecule has 2 N–H and O–H groups in total. The highest BCUT2D eigenvalue weighted by Gasteiger charge is 2.34. The first-order valence-corrected chi connectivity index (χ1v) is 8.28. The van der Waals surface area contributed by atoms with E-state index in [9.17, 15) is 9.59 Å². The zero-order valence-corrected chi connectivity index (χ0v) is 14.7. The minimum Gasteiger partial charge on any atom is -0.468 e. The van der Waals surface area contributed by atoms with E-state index in [-0.39, 0.29) is 18.6 Å². The van der Waals surface area contributed by atoms with Gasteiger partial charge in [0.15, 0.2) is 0 Å². The fourth-order valence-electron chi connectivity index (χ4n) is 2.80. The molecule has 7 nitrogen and oxygen atoms in total. The fraction of sp³-hybridized carbons (Fsp3) is 0.312. The maximum atomic E-state index is 12.6. The van der Waals surface area contributed by atoms with Crippen LogP contribution >= 0.6 is 15.9 Å². The van der Waals surface area contributed by atoms with E-state index >= 15 is 0 Å². The molecule has 0 aliphatic carbocycles. The van der Waals surface area contributed by atoms with Crippen LogP contribution in [0.5, 0.6) is 0 Å². The monoisotopic (exact) mass is 392 g/mol. The third-order valence-electron chi connectivity index (χ3n) is 3.98. The summed E-state index contributed by atoms with van der Waals surface area (Å²) in [5.41, 5.74) is 2.82. The molecule has 1 aromatic heterocycles. The zero-order valence-electron chi connectivity index (χ0n) is 13.1. The summed E-state index contributed by atoms with van der Waals surface area (Å²) in [7, 11) is 1.29. The van der Waals surface area contributed by atoms with Crippen molar-refractivity contribution in [2.75, 3.05) is 20.2 Å². The maximum absolute atomic E-state index is 12.6. The van der Waals surface area contributed by atoms with Crippen LogP contribution in [0.3, 0.4) is 0 Å². The number of urea groups is 1. The third kappa shape index (κ3) is 3.28. The van der Waals surface area contributed by atoms with Crippen molar-refractivity contribution in [2.45, 2.75) is 12.5 Å². The topological polar surface area (TPSA) is 87.3 Å². The van der Waals surface area contributed by atoms with Gasteiger partial charge in [-0.1, -0.05) is 28.1 Å². The standard InChI is InChI=1S/C16H17BrN4O3/c1-24-13(22)8-18-16(23)21-7-6-12-14(20-9-19-12)15(21)10-2-4-11(17)5-3-10/h2-5,9,15H,6-8H2,1H3,(H,18,23)(H,19,20). The fourth-order valence-corrected chi connectivity index (χ4v) is 3.06. The largest absolute Gasteiger partial charge is 0.468 e. The van der Waals surface area contributed by atoms with Gasteiger partial charge in [0, 0.05) is 23.1 Å². The van der Waals surface area contributed by atoms with E-state index in [2.05, 4.69) is 36.0 Å². The Kier molecular flexibility index (Phi) is 4.84. The van der Waals surface area contributed by atoms with Gasteiger partial charge in [0.1, 0.15) is 12.6 Å². The number of ether oxygens (including phenoxy) is 1. The first-order valence-electron chi connectivity index (χ1n) is 7.49. The lowest BCUT2D eigenvalue weighted by atomic mass is 9.96. The predicted octanol–water partition coefficient (Wildman–Crippen LogP) is 2.00. The summed E-state index contributed by atoms with van der Waals surface area (Å²) >= 11 is 3.42. The molecule has 8 heteroatoms. The molecule has 1 aliphatic heterocycles. The highest BCUT2D eigenvalue weighted by molar-refractivity contribution is 9.10. The molecule has 126 valence electrons. The molecule has 1 aromatic carbocycles. The molecule has 2 heterocycles. The molecule has 0 saturated heterocycles. The average Bonchev–Trinajstić information content (AvgIpc) is 3.08. The van der Waals surface area contributed by atoms with Gasteiger partial charge in [-0.05, 0) is 17.7 Å². The van der Waals surface area contributed by atoms with Gasteiger partial charge >= 0.3 is 12.0 Å². The Morgan fingerprint density at radius 1 is 1.42 bits per heavy atom. The highest BCUT2D eigenvalue weighted by atomic mass is 79.9. The molecule has 0 bridgehead atoms. The van der Waals surface area contributed by atoms with Crippen molar-refractivity contribution in [2.24, 2.45) is 0 Å². The number of benzene rings is 1. The Balaban J connectivity index is 1.88. The van der Waals surface area contributed by atoms with E-state index in [1.165, 1.54) is 7.11 Å². The number of fused-ring (bicyclic) bond motifs is 1. The summed E-state index contributed by atoms with van der Waals surface area (Å²) < 4.78 is 5.53. The number of rotatable bonds is 3. The summed E-state index contributed by atoms with van der Waals surface area (Å²) in [6, 6.07) is 7.16. The second-order valence-electron chi connectivity index (χ2n) is 5.40. The molecule has 0 saturated carbocycles. The summed E-state index contributed by atoms with van der Waals surface area (Å²) in [6.45, 7) is 0.370. The first-order chi connectivity index (χ1) is 11.6. The molecule has 0 fully saturated rings. The van der Waals surface area contributed by atoms with Gasteiger partial charge in [-0.3, -0.25) is 4.79 Å². The van der Waals surface area contributed by atoms with Crippen molar-refractivity contribution < 1.29 is 14.3 Å². The Labute approximate surface area is 147 Å². The van der Waals surface area contributed by atoms with Crippen LogP contribution in [0.4, 0.5) is 4.79 Å². The molecule has 0 radical (unpaired) electrons. The molecule has 3 rings (SSSR count). The van der Waals surface area contributed by atoms with Gasteiger partial charge in [0.25, 0.3) is 0 Å². The minimum absolute atomic E-state index is 0.160. The van der Waals surface area contributed by atoms with E-state index in [4.69, 9.17) is 0 Å². The number of aromatic amines is 1. The molecular weight excluding hydrogens is 376 g/mol. The van der Waals surface area contributed by atoms with Gasteiger partial charge < -0.3 is 19.9 Å². The minimum atomic E-state index is -0.485.